The van der Waals surface area contributed by atoms with Gasteiger partial charge in [-0.1, -0.05) is 0 Å². The van der Waals surface area contributed by atoms with Gasteiger partial charge in [-0.25, -0.2) is 14.2 Å². The number of thioether (sulfide) groups is 1. The Balaban J connectivity index is 1.59. The molecule has 5 heterocycles. The predicted octanol–water partition coefficient (Wildman–Crippen LogP) is 3.70. The van der Waals surface area contributed by atoms with E-state index in [9.17, 15) is 0 Å². The Bertz CT molecular complexity index is 1470. The standard InChI is InChI=1S/C22H20N8OS/c1-23-21-14-11-26-15(13-12-27-29-6-3-4-25-22(13)29)8-17(14)30(28-21)18-10-20-16(9-19(18)31-2)24-5-7-32-20/h3-4,6,8-12,24H,5,7H2,1-2H3,(H,23,28). The van der Waals surface area contributed by atoms with Crippen molar-refractivity contribution in [1.29, 1.82) is 0 Å². The average Bonchev–Trinajstić information content (AvgIpc) is 3.44. The van der Waals surface area contributed by atoms with Crippen LogP contribution in [0.1, 0.15) is 0 Å². The lowest BCUT2D eigenvalue weighted by atomic mass is 10.2. The monoisotopic (exact) mass is 444 g/mol. The molecule has 0 amide bonds. The van der Waals surface area contributed by atoms with E-state index in [0.717, 1.165) is 63.0 Å². The quantitative estimate of drug-likeness (QED) is 0.433. The van der Waals surface area contributed by atoms with Gasteiger partial charge in [-0.15, -0.1) is 16.9 Å². The summed E-state index contributed by atoms with van der Waals surface area (Å²) >= 11 is 1.83. The zero-order valence-corrected chi connectivity index (χ0v) is 18.3. The maximum atomic E-state index is 5.75. The zero-order valence-electron chi connectivity index (χ0n) is 17.5. The summed E-state index contributed by atoms with van der Waals surface area (Å²) in [5.41, 5.74) is 5.29. The van der Waals surface area contributed by atoms with E-state index in [1.807, 2.05) is 54.1 Å². The van der Waals surface area contributed by atoms with Crippen molar-refractivity contribution in [3.63, 3.8) is 0 Å². The first-order valence-electron chi connectivity index (χ1n) is 10.2. The highest BCUT2D eigenvalue weighted by atomic mass is 32.2. The largest absolute Gasteiger partial charge is 0.494 e. The van der Waals surface area contributed by atoms with Crippen molar-refractivity contribution in [2.75, 3.05) is 37.1 Å². The highest BCUT2D eigenvalue weighted by molar-refractivity contribution is 7.99. The number of pyridine rings is 1. The van der Waals surface area contributed by atoms with E-state index in [1.165, 1.54) is 4.90 Å². The summed E-state index contributed by atoms with van der Waals surface area (Å²) in [7, 11) is 3.54. The summed E-state index contributed by atoms with van der Waals surface area (Å²) < 4.78 is 9.41. The molecule has 0 fully saturated rings. The van der Waals surface area contributed by atoms with Gasteiger partial charge in [0.15, 0.2) is 11.5 Å². The van der Waals surface area contributed by atoms with E-state index < -0.39 is 0 Å². The third-order valence-electron chi connectivity index (χ3n) is 5.54. The normalized spacial score (nSPS) is 13.2. The summed E-state index contributed by atoms with van der Waals surface area (Å²) in [6.45, 7) is 0.942. The van der Waals surface area contributed by atoms with Crippen LogP contribution in [-0.2, 0) is 0 Å². The summed E-state index contributed by atoms with van der Waals surface area (Å²) in [5.74, 6) is 2.53. The Morgan fingerprint density at radius 3 is 3.00 bits per heavy atom. The molecule has 4 aromatic heterocycles. The van der Waals surface area contributed by atoms with E-state index in [0.29, 0.717) is 0 Å². The maximum absolute atomic E-state index is 5.75. The van der Waals surface area contributed by atoms with Crippen LogP contribution < -0.4 is 15.4 Å². The summed E-state index contributed by atoms with van der Waals surface area (Å²) in [6, 6.07) is 8.05. The number of nitrogens with one attached hydrogen (secondary N) is 2. The molecule has 10 heteroatoms. The van der Waals surface area contributed by atoms with Crippen molar-refractivity contribution in [2.24, 2.45) is 0 Å². The third kappa shape index (κ3) is 2.87. The van der Waals surface area contributed by atoms with Crippen LogP contribution >= 0.6 is 11.8 Å². The first-order chi connectivity index (χ1) is 15.8. The molecule has 0 saturated heterocycles. The van der Waals surface area contributed by atoms with Gasteiger partial charge in [0.1, 0.15) is 11.4 Å². The van der Waals surface area contributed by atoms with Crippen molar-refractivity contribution < 1.29 is 4.74 Å². The number of benzene rings is 1. The van der Waals surface area contributed by atoms with Crippen LogP contribution in [0.2, 0.25) is 0 Å². The second-order valence-corrected chi connectivity index (χ2v) is 8.48. The minimum absolute atomic E-state index is 0.752. The molecule has 5 aromatic rings. The number of fused-ring (bicyclic) bond motifs is 3. The van der Waals surface area contributed by atoms with Crippen molar-refractivity contribution in [1.82, 2.24) is 29.4 Å². The fourth-order valence-corrected chi connectivity index (χ4v) is 4.92. The lowest BCUT2D eigenvalue weighted by Gasteiger charge is -2.20. The average molecular weight is 445 g/mol. The van der Waals surface area contributed by atoms with E-state index in [-0.39, 0.29) is 0 Å². The van der Waals surface area contributed by atoms with Crippen LogP contribution in [0.5, 0.6) is 5.75 Å². The Kier molecular flexibility index (Phi) is 4.39. The minimum atomic E-state index is 0.752. The number of ether oxygens (including phenoxy) is 1. The molecule has 1 aliphatic heterocycles. The number of methoxy groups -OCH3 is 1. The van der Waals surface area contributed by atoms with Crippen LogP contribution in [0.3, 0.4) is 0 Å². The number of nitrogens with zero attached hydrogens (tertiary/aromatic N) is 6. The number of hydrogen-bond acceptors (Lipinski definition) is 8. The fourth-order valence-electron chi connectivity index (χ4n) is 4.02. The van der Waals surface area contributed by atoms with E-state index in [2.05, 4.69) is 26.8 Å². The highest BCUT2D eigenvalue weighted by Gasteiger charge is 2.20. The van der Waals surface area contributed by atoms with Crippen LogP contribution in [-0.4, -0.2) is 55.8 Å². The van der Waals surface area contributed by atoms with Crippen molar-refractivity contribution in [3.05, 3.63) is 49.1 Å². The number of aromatic nitrogens is 6. The second-order valence-electron chi connectivity index (χ2n) is 7.34. The first-order valence-corrected chi connectivity index (χ1v) is 11.2. The molecule has 0 aliphatic carbocycles. The summed E-state index contributed by atoms with van der Waals surface area (Å²) in [4.78, 5) is 10.4. The van der Waals surface area contributed by atoms with E-state index in [4.69, 9.17) is 14.8 Å². The Labute approximate surface area is 187 Å². The van der Waals surface area contributed by atoms with Gasteiger partial charge in [-0.3, -0.25) is 4.98 Å². The van der Waals surface area contributed by atoms with Gasteiger partial charge in [0.2, 0.25) is 0 Å². The van der Waals surface area contributed by atoms with Gasteiger partial charge < -0.3 is 15.4 Å². The van der Waals surface area contributed by atoms with Gasteiger partial charge in [0.25, 0.3) is 0 Å². The molecule has 6 rings (SSSR count). The topological polar surface area (TPSA) is 94.2 Å². The molecule has 0 unspecified atom stereocenters. The Hall–Kier alpha value is -3.79. The molecule has 1 aromatic carbocycles. The molecule has 0 radical (unpaired) electrons. The van der Waals surface area contributed by atoms with Gasteiger partial charge in [-0.05, 0) is 18.2 Å². The summed E-state index contributed by atoms with van der Waals surface area (Å²) in [6.07, 6.45) is 7.26. The highest BCUT2D eigenvalue weighted by Crippen LogP contribution is 2.40. The maximum Gasteiger partial charge on any atom is 0.164 e. The molecule has 32 heavy (non-hydrogen) atoms. The predicted molar refractivity (Wildman–Crippen MR) is 126 cm³/mol. The Morgan fingerprint density at radius 2 is 2.12 bits per heavy atom. The van der Waals surface area contributed by atoms with E-state index in [1.54, 1.807) is 24.0 Å². The minimum Gasteiger partial charge on any atom is -0.494 e. The molecule has 9 nitrogen and oxygen atoms in total. The Morgan fingerprint density at radius 1 is 1.19 bits per heavy atom. The lowest BCUT2D eigenvalue weighted by Crippen LogP contribution is -2.11. The zero-order chi connectivity index (χ0) is 21.7. The molecule has 160 valence electrons. The molecular weight excluding hydrogens is 424 g/mol. The number of hydrogen-bond donors (Lipinski definition) is 2. The van der Waals surface area contributed by atoms with Crippen LogP contribution in [0.15, 0.2) is 53.9 Å². The van der Waals surface area contributed by atoms with Crippen LogP contribution in [0.4, 0.5) is 11.5 Å². The van der Waals surface area contributed by atoms with Crippen molar-refractivity contribution in [3.8, 4) is 22.7 Å². The molecular formula is C22H20N8OS. The molecule has 0 bridgehead atoms. The SMILES string of the molecule is CNc1nn(-c2cc3c(cc2OC)NCCS3)c2cc(-c3cnn4cccnc34)ncc12. The molecule has 0 atom stereocenters. The van der Waals surface area contributed by atoms with Crippen LogP contribution in [0, 0.1) is 0 Å². The molecule has 2 N–H and O–H groups in total. The van der Waals surface area contributed by atoms with Gasteiger partial charge in [0.05, 0.1) is 41.2 Å². The molecule has 0 saturated carbocycles. The van der Waals surface area contributed by atoms with Crippen molar-refractivity contribution >= 4 is 39.8 Å². The molecule has 0 spiro atoms. The molecule has 1 aliphatic rings. The van der Waals surface area contributed by atoms with Gasteiger partial charge in [-0.2, -0.15) is 5.10 Å². The fraction of sp³-hybridized carbons (Fsp3) is 0.182. The lowest BCUT2D eigenvalue weighted by molar-refractivity contribution is 0.412. The van der Waals surface area contributed by atoms with Crippen molar-refractivity contribution in [2.45, 2.75) is 4.90 Å². The van der Waals surface area contributed by atoms with Gasteiger partial charge in [0, 0.05) is 48.9 Å². The van der Waals surface area contributed by atoms with Crippen LogP contribution in [0.25, 0.3) is 33.5 Å². The van der Waals surface area contributed by atoms with Gasteiger partial charge >= 0.3 is 0 Å². The second kappa shape index (κ2) is 7.41. The number of rotatable bonds is 4. The van der Waals surface area contributed by atoms with E-state index >= 15 is 0 Å². The first kappa shape index (κ1) is 18.9. The number of anilines is 2. The summed E-state index contributed by atoms with van der Waals surface area (Å²) in [5, 5.41) is 16.8. The third-order valence-corrected chi connectivity index (χ3v) is 6.60. The smallest absolute Gasteiger partial charge is 0.164 e.